The largest absolute Gasteiger partial charge is 0.280 e. The zero-order valence-electron chi connectivity index (χ0n) is 14.4. The van der Waals surface area contributed by atoms with Crippen LogP contribution in [-0.2, 0) is 4.79 Å². The van der Waals surface area contributed by atoms with Crippen LogP contribution >= 0.6 is 15.9 Å². The zero-order valence-corrected chi connectivity index (χ0v) is 16.0. The first-order valence-electron chi connectivity index (χ1n) is 8.44. The van der Waals surface area contributed by atoms with E-state index < -0.39 is 23.6 Å². The first-order chi connectivity index (χ1) is 13.0. The molecule has 0 radical (unpaired) electrons. The minimum Gasteiger partial charge on any atom is -0.273 e. The number of amides is 3. The molecular weight excluding hydrogens is 408 g/mol. The van der Waals surface area contributed by atoms with Gasteiger partial charge in [-0.15, -0.1) is 0 Å². The summed E-state index contributed by atoms with van der Waals surface area (Å²) in [5.74, 6) is -2.00. The molecule has 0 unspecified atom stereocenters. The fraction of sp³-hybridized carbons (Fsp3) is 0.0952. The summed E-state index contributed by atoms with van der Waals surface area (Å²) in [6.07, 6.45) is 0. The molecule has 1 N–H and O–H groups in total. The Morgan fingerprint density at radius 1 is 0.926 bits per heavy atom. The van der Waals surface area contributed by atoms with Crippen molar-refractivity contribution in [3.05, 3.63) is 81.8 Å². The van der Waals surface area contributed by atoms with Gasteiger partial charge in [0, 0.05) is 9.86 Å². The van der Waals surface area contributed by atoms with Gasteiger partial charge >= 0.3 is 0 Å². The van der Waals surface area contributed by atoms with Crippen LogP contribution < -0.4 is 5.43 Å². The summed E-state index contributed by atoms with van der Waals surface area (Å²) in [6.45, 7) is 1.73. The van der Waals surface area contributed by atoms with Gasteiger partial charge in [-0.25, -0.2) is 0 Å². The van der Waals surface area contributed by atoms with Crippen LogP contribution in [0.4, 0.5) is 0 Å². The highest BCUT2D eigenvalue weighted by atomic mass is 79.9. The zero-order chi connectivity index (χ0) is 19.1. The molecule has 1 heterocycles. The summed E-state index contributed by atoms with van der Waals surface area (Å²) in [5, 5.41) is 2.20. The van der Waals surface area contributed by atoms with E-state index in [1.807, 2.05) is 36.4 Å². The molecular formula is C21H15BrN2O3. The predicted molar refractivity (Wildman–Crippen MR) is 105 cm³/mol. The number of nitrogens with zero attached hydrogens (tertiary/aromatic N) is 1. The molecule has 3 aromatic carbocycles. The number of rotatable bonds is 3. The maximum Gasteiger partial charge on any atom is 0.280 e. The second-order valence-electron chi connectivity index (χ2n) is 6.38. The Bertz CT molecular complexity index is 1070. The van der Waals surface area contributed by atoms with Gasteiger partial charge < -0.3 is 0 Å². The van der Waals surface area contributed by atoms with Gasteiger partial charge in [0.15, 0.2) is 0 Å². The van der Waals surface area contributed by atoms with Gasteiger partial charge in [0.1, 0.15) is 0 Å². The van der Waals surface area contributed by atoms with Gasteiger partial charge in [0.05, 0.1) is 17.0 Å². The lowest BCUT2D eigenvalue weighted by molar-refractivity contribution is -0.125. The summed E-state index contributed by atoms with van der Waals surface area (Å²) in [4.78, 5) is 38.4. The fourth-order valence-corrected chi connectivity index (χ4v) is 3.72. The Balaban J connectivity index is 1.70. The number of carbonyl (C=O) groups is 3. The van der Waals surface area contributed by atoms with Crippen LogP contribution in [0.1, 0.15) is 39.1 Å². The molecule has 0 saturated heterocycles. The van der Waals surface area contributed by atoms with Crippen LogP contribution in [0.15, 0.2) is 65.1 Å². The minimum absolute atomic E-state index is 0.385. The normalized spacial score (nSPS) is 14.4. The maximum absolute atomic E-state index is 12.9. The summed E-state index contributed by atoms with van der Waals surface area (Å²) in [7, 11) is 0. The Hall–Kier alpha value is -2.99. The van der Waals surface area contributed by atoms with Crippen LogP contribution in [-0.4, -0.2) is 22.7 Å². The number of halogens is 1. The molecule has 0 saturated carbocycles. The number of imide groups is 1. The topological polar surface area (TPSA) is 66.5 Å². The van der Waals surface area contributed by atoms with E-state index >= 15 is 0 Å². The third kappa shape index (κ3) is 2.82. The van der Waals surface area contributed by atoms with Gasteiger partial charge in [-0.3, -0.25) is 19.8 Å². The van der Waals surface area contributed by atoms with E-state index in [2.05, 4.69) is 21.4 Å². The number of hydrazine groups is 1. The van der Waals surface area contributed by atoms with E-state index in [9.17, 15) is 14.4 Å². The van der Waals surface area contributed by atoms with E-state index in [-0.39, 0.29) is 0 Å². The number of hydrogen-bond acceptors (Lipinski definition) is 3. The minimum atomic E-state index is -0.537. The summed E-state index contributed by atoms with van der Waals surface area (Å²) in [5.41, 5.74) is 4.07. The number of hydrogen-bond donors (Lipinski definition) is 1. The standard InChI is InChI=1S/C21H15BrN2O3/c1-12(13-6-3-2-4-7-13)19(25)23-24-20(26)15-9-5-8-14-17(22)11-10-16(18(14)15)21(24)27/h2-12H,1H3,(H,23,25)/t12-/m0/s1. The first-order valence-corrected chi connectivity index (χ1v) is 9.24. The van der Waals surface area contributed by atoms with Crippen molar-refractivity contribution in [2.45, 2.75) is 12.8 Å². The molecule has 0 fully saturated rings. The molecule has 3 amide bonds. The van der Waals surface area contributed by atoms with Crippen LogP contribution in [0.25, 0.3) is 10.8 Å². The molecule has 6 heteroatoms. The summed E-state index contributed by atoms with van der Waals surface area (Å²) in [6, 6.07) is 17.9. The Kier molecular flexibility index (Phi) is 4.28. The quantitative estimate of drug-likeness (QED) is 0.647. The Morgan fingerprint density at radius 2 is 1.59 bits per heavy atom. The van der Waals surface area contributed by atoms with Crippen molar-refractivity contribution in [2.24, 2.45) is 0 Å². The number of nitrogens with one attached hydrogen (secondary N) is 1. The van der Waals surface area contributed by atoms with E-state index in [0.29, 0.717) is 16.5 Å². The maximum atomic E-state index is 12.9. The molecule has 5 nitrogen and oxygen atoms in total. The van der Waals surface area contributed by atoms with Crippen molar-refractivity contribution in [1.82, 2.24) is 10.4 Å². The van der Waals surface area contributed by atoms with E-state index in [1.165, 1.54) is 0 Å². The summed E-state index contributed by atoms with van der Waals surface area (Å²) < 4.78 is 0.805. The van der Waals surface area contributed by atoms with Crippen molar-refractivity contribution in [3.63, 3.8) is 0 Å². The lowest BCUT2D eigenvalue weighted by atomic mass is 9.95. The van der Waals surface area contributed by atoms with Gasteiger partial charge in [-0.2, -0.15) is 5.01 Å². The van der Waals surface area contributed by atoms with Crippen LogP contribution in [0, 0.1) is 0 Å². The summed E-state index contributed by atoms with van der Waals surface area (Å²) >= 11 is 3.45. The number of benzene rings is 3. The lowest BCUT2D eigenvalue weighted by Crippen LogP contribution is -2.52. The first kappa shape index (κ1) is 17.4. The second kappa shape index (κ2) is 6.63. The third-order valence-corrected chi connectivity index (χ3v) is 5.46. The molecule has 1 atom stereocenters. The average molecular weight is 423 g/mol. The SMILES string of the molecule is C[C@H](C(=O)NN1C(=O)c2cccc3c(Br)ccc(c23)C1=O)c1ccccc1. The van der Waals surface area contributed by atoms with Gasteiger partial charge in [-0.1, -0.05) is 58.4 Å². The molecule has 27 heavy (non-hydrogen) atoms. The second-order valence-corrected chi connectivity index (χ2v) is 7.23. The molecule has 0 aromatic heterocycles. The van der Waals surface area contributed by atoms with Crippen molar-refractivity contribution < 1.29 is 14.4 Å². The van der Waals surface area contributed by atoms with E-state index in [4.69, 9.17) is 0 Å². The molecule has 4 rings (SSSR count). The van der Waals surface area contributed by atoms with Crippen LogP contribution in [0.3, 0.4) is 0 Å². The fourth-order valence-electron chi connectivity index (χ4n) is 3.26. The molecule has 134 valence electrons. The smallest absolute Gasteiger partial charge is 0.273 e. The Labute approximate surface area is 164 Å². The average Bonchev–Trinajstić information content (AvgIpc) is 2.70. The molecule has 3 aromatic rings. The highest BCUT2D eigenvalue weighted by Gasteiger charge is 2.35. The lowest BCUT2D eigenvalue weighted by Gasteiger charge is -2.28. The van der Waals surface area contributed by atoms with Crippen LogP contribution in [0.5, 0.6) is 0 Å². The predicted octanol–water partition coefficient (Wildman–Crippen LogP) is 4.03. The highest BCUT2D eigenvalue weighted by Crippen LogP contribution is 2.33. The molecule has 1 aliphatic heterocycles. The Morgan fingerprint density at radius 3 is 2.30 bits per heavy atom. The van der Waals surface area contributed by atoms with Crippen molar-refractivity contribution in [3.8, 4) is 0 Å². The van der Waals surface area contributed by atoms with Crippen molar-refractivity contribution >= 4 is 44.4 Å². The van der Waals surface area contributed by atoms with Gasteiger partial charge in [0.25, 0.3) is 11.8 Å². The highest BCUT2D eigenvalue weighted by molar-refractivity contribution is 9.10. The molecule has 0 spiro atoms. The van der Waals surface area contributed by atoms with E-state index in [0.717, 1.165) is 20.4 Å². The molecule has 0 aliphatic carbocycles. The van der Waals surface area contributed by atoms with Gasteiger partial charge in [-0.05, 0) is 36.1 Å². The van der Waals surface area contributed by atoms with Crippen LogP contribution in [0.2, 0.25) is 0 Å². The monoisotopic (exact) mass is 422 g/mol. The third-order valence-electron chi connectivity index (χ3n) is 4.77. The van der Waals surface area contributed by atoms with Crippen molar-refractivity contribution in [1.29, 1.82) is 0 Å². The molecule has 1 aliphatic rings. The van der Waals surface area contributed by atoms with E-state index in [1.54, 1.807) is 31.2 Å². The van der Waals surface area contributed by atoms with Crippen molar-refractivity contribution in [2.75, 3.05) is 0 Å². The van der Waals surface area contributed by atoms with Gasteiger partial charge in [0.2, 0.25) is 5.91 Å². The molecule has 0 bridgehead atoms. The number of carbonyl (C=O) groups excluding carboxylic acids is 3.